The first-order valence-electron chi connectivity index (χ1n) is 9.47. The molecule has 2 amide bonds. The number of hydrogen-bond acceptors (Lipinski definition) is 4. The zero-order chi connectivity index (χ0) is 23.4. The number of nitrogens with one attached hydrogen (secondary N) is 2. The van der Waals surface area contributed by atoms with Gasteiger partial charge in [0, 0.05) is 22.5 Å². The van der Waals surface area contributed by atoms with Crippen LogP contribution in [0.25, 0.3) is 0 Å². The van der Waals surface area contributed by atoms with Crippen molar-refractivity contribution in [2.45, 2.75) is 0 Å². The number of anilines is 2. The molecule has 0 spiro atoms. The van der Waals surface area contributed by atoms with E-state index in [2.05, 4.69) is 22.5 Å². The van der Waals surface area contributed by atoms with Crippen molar-refractivity contribution in [3.8, 4) is 24.7 Å². The fourth-order valence-corrected chi connectivity index (χ4v) is 3.84. The van der Waals surface area contributed by atoms with Gasteiger partial charge in [-0.15, -0.1) is 12.8 Å². The predicted molar refractivity (Wildman–Crippen MR) is 115 cm³/mol. The second kappa shape index (κ2) is 9.07. The highest BCUT2D eigenvalue weighted by molar-refractivity contribution is 6.06. The van der Waals surface area contributed by atoms with Gasteiger partial charge in [0.25, 0.3) is 0 Å². The molecule has 8 heteroatoms. The lowest BCUT2D eigenvalue weighted by molar-refractivity contribution is -0.179. The highest BCUT2D eigenvalue weighted by atomic mass is 16.4. The van der Waals surface area contributed by atoms with Gasteiger partial charge in [0.1, 0.15) is 0 Å². The predicted octanol–water partition coefficient (Wildman–Crippen LogP) is 1.87. The van der Waals surface area contributed by atoms with Crippen LogP contribution in [0.1, 0.15) is 11.1 Å². The molecule has 0 saturated heterocycles. The topological polar surface area (TPSA) is 133 Å². The summed E-state index contributed by atoms with van der Waals surface area (Å²) in [5.74, 6) is -5.67. The van der Waals surface area contributed by atoms with Gasteiger partial charge in [-0.3, -0.25) is 19.2 Å². The fourth-order valence-electron chi connectivity index (χ4n) is 3.84. The Morgan fingerprint density at radius 2 is 1.06 bits per heavy atom. The van der Waals surface area contributed by atoms with Crippen molar-refractivity contribution in [2.24, 2.45) is 23.7 Å². The van der Waals surface area contributed by atoms with Crippen molar-refractivity contribution in [3.63, 3.8) is 0 Å². The molecule has 0 aliphatic heterocycles. The molecule has 4 unspecified atom stereocenters. The average molecular weight is 430 g/mol. The summed E-state index contributed by atoms with van der Waals surface area (Å²) in [4.78, 5) is 49.3. The number of benzene rings is 2. The first kappa shape index (κ1) is 22.1. The molecule has 160 valence electrons. The summed E-state index contributed by atoms with van der Waals surface area (Å²) in [7, 11) is 0. The molecular weight excluding hydrogens is 412 g/mol. The van der Waals surface area contributed by atoms with Gasteiger partial charge in [-0.2, -0.15) is 0 Å². The molecule has 1 aliphatic carbocycles. The lowest BCUT2D eigenvalue weighted by atomic mass is 9.55. The quantitative estimate of drug-likeness (QED) is 0.517. The van der Waals surface area contributed by atoms with E-state index in [1.54, 1.807) is 36.4 Å². The molecule has 0 heterocycles. The van der Waals surface area contributed by atoms with E-state index in [4.69, 9.17) is 12.8 Å². The number of amides is 2. The minimum Gasteiger partial charge on any atom is -0.481 e. The molecule has 1 fully saturated rings. The van der Waals surface area contributed by atoms with Crippen molar-refractivity contribution < 1.29 is 29.4 Å². The average Bonchev–Trinajstić information content (AvgIpc) is 2.72. The monoisotopic (exact) mass is 430 g/mol. The smallest absolute Gasteiger partial charge is 0.308 e. The van der Waals surface area contributed by atoms with Gasteiger partial charge in [0.05, 0.1) is 23.7 Å². The van der Waals surface area contributed by atoms with Crippen molar-refractivity contribution in [1.82, 2.24) is 0 Å². The summed E-state index contributed by atoms with van der Waals surface area (Å²) >= 11 is 0. The number of terminal acetylenes is 2. The molecule has 32 heavy (non-hydrogen) atoms. The number of aliphatic carboxylic acids is 2. The second-order valence-electron chi connectivity index (χ2n) is 7.21. The van der Waals surface area contributed by atoms with E-state index in [9.17, 15) is 29.4 Å². The van der Waals surface area contributed by atoms with Gasteiger partial charge < -0.3 is 20.8 Å². The van der Waals surface area contributed by atoms with Crippen LogP contribution in [0.15, 0.2) is 48.5 Å². The van der Waals surface area contributed by atoms with Crippen molar-refractivity contribution in [1.29, 1.82) is 0 Å². The number of carbonyl (C=O) groups excluding carboxylic acids is 2. The Morgan fingerprint density at radius 1 is 0.688 bits per heavy atom. The molecule has 3 rings (SSSR count). The van der Waals surface area contributed by atoms with Crippen LogP contribution in [-0.4, -0.2) is 34.0 Å². The lowest BCUT2D eigenvalue weighted by Crippen LogP contribution is -2.61. The van der Waals surface area contributed by atoms with E-state index in [0.717, 1.165) is 0 Å². The number of hydrogen-bond donors (Lipinski definition) is 4. The maximum absolute atomic E-state index is 12.9. The van der Waals surface area contributed by atoms with Crippen LogP contribution < -0.4 is 10.6 Å². The van der Waals surface area contributed by atoms with Crippen LogP contribution in [0.4, 0.5) is 11.4 Å². The molecule has 2 aromatic carbocycles. The Labute approximate surface area is 183 Å². The Morgan fingerprint density at radius 3 is 1.38 bits per heavy atom. The number of carboxylic acid groups (broad SMARTS) is 2. The van der Waals surface area contributed by atoms with E-state index in [1.807, 2.05) is 0 Å². The molecule has 0 radical (unpaired) electrons. The van der Waals surface area contributed by atoms with Crippen LogP contribution in [0.3, 0.4) is 0 Å². The summed E-state index contributed by atoms with van der Waals surface area (Å²) in [5, 5.41) is 24.2. The van der Waals surface area contributed by atoms with Crippen LogP contribution in [-0.2, 0) is 19.2 Å². The SMILES string of the molecule is C#Cc1cccc(NC(=O)C2C(C(=O)O)C(C(=O)O)C2C(=O)Nc2cccc(C#C)c2)c1. The second-order valence-corrected chi connectivity index (χ2v) is 7.21. The third-order valence-corrected chi connectivity index (χ3v) is 5.32. The molecule has 4 atom stereocenters. The number of carboxylic acids is 2. The molecule has 0 bridgehead atoms. The zero-order valence-corrected chi connectivity index (χ0v) is 16.6. The number of rotatable bonds is 6. The van der Waals surface area contributed by atoms with Gasteiger partial charge in [0.15, 0.2) is 0 Å². The lowest BCUT2D eigenvalue weighted by Gasteiger charge is -2.45. The highest BCUT2D eigenvalue weighted by Crippen LogP contribution is 2.48. The fraction of sp³-hybridized carbons (Fsp3) is 0.167. The summed E-state index contributed by atoms with van der Waals surface area (Å²) < 4.78 is 0. The molecule has 2 aromatic rings. The largest absolute Gasteiger partial charge is 0.481 e. The Balaban J connectivity index is 1.89. The van der Waals surface area contributed by atoms with Crippen LogP contribution in [0.5, 0.6) is 0 Å². The van der Waals surface area contributed by atoms with E-state index in [-0.39, 0.29) is 0 Å². The molecule has 1 saturated carbocycles. The summed E-state index contributed by atoms with van der Waals surface area (Å²) in [5.41, 5.74) is 1.57. The Kier molecular flexibility index (Phi) is 6.27. The van der Waals surface area contributed by atoms with E-state index in [0.29, 0.717) is 22.5 Å². The van der Waals surface area contributed by atoms with Gasteiger partial charge in [-0.05, 0) is 36.4 Å². The van der Waals surface area contributed by atoms with E-state index >= 15 is 0 Å². The first-order valence-corrected chi connectivity index (χ1v) is 9.47. The Bertz CT molecular complexity index is 1100. The summed E-state index contributed by atoms with van der Waals surface area (Å²) in [6.07, 6.45) is 10.7. The Hall–Kier alpha value is -4.56. The van der Waals surface area contributed by atoms with Crippen molar-refractivity contribution in [2.75, 3.05) is 10.6 Å². The molecule has 0 aromatic heterocycles. The number of carbonyl (C=O) groups is 4. The molecule has 8 nitrogen and oxygen atoms in total. The first-order chi connectivity index (χ1) is 15.3. The van der Waals surface area contributed by atoms with Gasteiger partial charge in [0.2, 0.25) is 11.8 Å². The minimum absolute atomic E-state index is 0.300. The van der Waals surface area contributed by atoms with Gasteiger partial charge in [-0.25, -0.2) is 0 Å². The summed E-state index contributed by atoms with van der Waals surface area (Å²) in [6.45, 7) is 0. The van der Waals surface area contributed by atoms with Crippen LogP contribution >= 0.6 is 0 Å². The zero-order valence-electron chi connectivity index (χ0n) is 16.6. The van der Waals surface area contributed by atoms with Crippen LogP contribution in [0.2, 0.25) is 0 Å². The maximum atomic E-state index is 12.9. The molecular formula is C24H18N2O6. The standard InChI is InChI=1S/C24H18N2O6/c1-3-13-7-5-9-15(11-13)25-21(27)17-18(20(24(31)32)19(17)23(29)30)22(28)26-16-10-6-8-14(4-2)12-16/h1-2,5-12,17-20H,(H,25,27)(H,26,28)(H,29,30)(H,31,32). The van der Waals surface area contributed by atoms with E-state index in [1.165, 1.54) is 12.1 Å². The normalized spacial score (nSPS) is 21.2. The molecule has 4 N–H and O–H groups in total. The third-order valence-electron chi connectivity index (χ3n) is 5.32. The highest BCUT2D eigenvalue weighted by Gasteiger charge is 2.63. The van der Waals surface area contributed by atoms with Gasteiger partial charge in [-0.1, -0.05) is 24.0 Å². The maximum Gasteiger partial charge on any atom is 0.308 e. The van der Waals surface area contributed by atoms with Crippen LogP contribution in [0, 0.1) is 48.4 Å². The minimum atomic E-state index is -1.57. The van der Waals surface area contributed by atoms with Gasteiger partial charge >= 0.3 is 11.9 Å². The summed E-state index contributed by atoms with van der Waals surface area (Å²) in [6, 6.07) is 12.6. The molecule has 1 aliphatic rings. The van der Waals surface area contributed by atoms with E-state index < -0.39 is 47.4 Å². The third kappa shape index (κ3) is 4.30. The van der Waals surface area contributed by atoms with Crippen molar-refractivity contribution in [3.05, 3.63) is 59.7 Å². The van der Waals surface area contributed by atoms with Crippen molar-refractivity contribution >= 4 is 35.1 Å².